The van der Waals surface area contributed by atoms with Gasteiger partial charge in [0, 0.05) is 5.92 Å². The first kappa shape index (κ1) is 9.98. The van der Waals surface area contributed by atoms with Gasteiger partial charge in [0.05, 0.1) is 5.92 Å². The van der Waals surface area contributed by atoms with Gasteiger partial charge in [-0.05, 0) is 12.8 Å². The van der Waals surface area contributed by atoms with Crippen LogP contribution in [-0.2, 0) is 9.59 Å². The third-order valence-electron chi connectivity index (χ3n) is 2.82. The molecule has 74 valence electrons. The van der Waals surface area contributed by atoms with Crippen LogP contribution in [0.1, 0.15) is 13.8 Å². The van der Waals surface area contributed by atoms with Crippen molar-refractivity contribution in [3.05, 3.63) is 0 Å². The first-order chi connectivity index (χ1) is 5.80. The first-order valence-corrected chi connectivity index (χ1v) is 4.05. The van der Waals surface area contributed by atoms with Crippen LogP contribution < -0.4 is 5.73 Å². The highest BCUT2D eigenvalue weighted by Gasteiger charge is 2.62. The molecule has 1 unspecified atom stereocenters. The van der Waals surface area contributed by atoms with Gasteiger partial charge in [-0.3, -0.25) is 9.59 Å². The molecule has 0 aromatic heterocycles. The Balaban J connectivity index is 2.77. The van der Waals surface area contributed by atoms with Crippen molar-refractivity contribution in [2.75, 3.05) is 0 Å². The molecule has 1 aliphatic carbocycles. The van der Waals surface area contributed by atoms with Gasteiger partial charge in [0.1, 0.15) is 5.54 Å². The molecule has 4 atom stereocenters. The number of carboxylic acids is 2. The lowest BCUT2D eigenvalue weighted by Crippen LogP contribution is -2.48. The Morgan fingerprint density at radius 2 is 1.85 bits per heavy atom. The van der Waals surface area contributed by atoms with E-state index in [4.69, 9.17) is 15.9 Å². The lowest BCUT2D eigenvalue weighted by Gasteiger charge is -2.18. The smallest absolute Gasteiger partial charge is 0.323 e. The number of nitrogens with two attached hydrogens (primary N) is 1. The zero-order chi connectivity index (χ0) is 10.4. The minimum absolute atomic E-state index is 0.149. The maximum Gasteiger partial charge on any atom is 0.323 e. The van der Waals surface area contributed by atoms with Crippen molar-refractivity contribution in [1.29, 1.82) is 0 Å². The van der Waals surface area contributed by atoms with Crippen LogP contribution in [0.2, 0.25) is 0 Å². The van der Waals surface area contributed by atoms with E-state index in [0.717, 1.165) is 0 Å². The van der Waals surface area contributed by atoms with Crippen molar-refractivity contribution in [3.63, 3.8) is 0 Å². The van der Waals surface area contributed by atoms with Gasteiger partial charge in [0.2, 0.25) is 0 Å². The molecule has 0 radical (unpaired) electrons. The van der Waals surface area contributed by atoms with E-state index in [1.807, 2.05) is 0 Å². The fourth-order valence-corrected chi connectivity index (χ4v) is 1.90. The van der Waals surface area contributed by atoms with Crippen molar-refractivity contribution in [3.8, 4) is 0 Å². The molecule has 0 aliphatic heterocycles. The summed E-state index contributed by atoms with van der Waals surface area (Å²) in [6.07, 6.45) is 0. The van der Waals surface area contributed by atoms with Gasteiger partial charge in [-0.15, -0.1) is 0 Å². The van der Waals surface area contributed by atoms with Gasteiger partial charge in [0.15, 0.2) is 0 Å². The molecular weight excluding hydrogens is 174 g/mol. The van der Waals surface area contributed by atoms with E-state index in [1.54, 1.807) is 6.92 Å². The Hall–Kier alpha value is -1.10. The number of aliphatic carboxylic acids is 2. The minimum atomic E-state index is -1.43. The Morgan fingerprint density at radius 1 is 1.38 bits per heavy atom. The molecule has 5 nitrogen and oxygen atoms in total. The van der Waals surface area contributed by atoms with Gasteiger partial charge in [-0.1, -0.05) is 6.92 Å². The van der Waals surface area contributed by atoms with Crippen LogP contribution in [0.25, 0.3) is 0 Å². The van der Waals surface area contributed by atoms with Gasteiger partial charge < -0.3 is 15.9 Å². The third kappa shape index (κ3) is 1.39. The quantitative estimate of drug-likeness (QED) is 0.565. The van der Waals surface area contributed by atoms with E-state index in [2.05, 4.69) is 0 Å². The van der Waals surface area contributed by atoms with Crippen LogP contribution in [0.15, 0.2) is 0 Å². The highest BCUT2D eigenvalue weighted by atomic mass is 16.4. The van der Waals surface area contributed by atoms with E-state index in [9.17, 15) is 9.59 Å². The van der Waals surface area contributed by atoms with Gasteiger partial charge in [-0.25, -0.2) is 0 Å². The predicted molar refractivity (Wildman–Crippen MR) is 44.0 cm³/mol. The first-order valence-electron chi connectivity index (χ1n) is 4.05. The topological polar surface area (TPSA) is 101 Å². The van der Waals surface area contributed by atoms with E-state index < -0.39 is 29.3 Å². The second-order valence-electron chi connectivity index (χ2n) is 3.84. The van der Waals surface area contributed by atoms with Crippen LogP contribution in [0.4, 0.5) is 0 Å². The monoisotopic (exact) mass is 187 g/mol. The Kier molecular flexibility index (Phi) is 2.07. The summed E-state index contributed by atoms with van der Waals surface area (Å²) in [5.74, 6) is -3.32. The summed E-state index contributed by atoms with van der Waals surface area (Å²) < 4.78 is 0. The van der Waals surface area contributed by atoms with Crippen LogP contribution in [-0.4, -0.2) is 27.7 Å². The van der Waals surface area contributed by atoms with Gasteiger partial charge >= 0.3 is 11.9 Å². The van der Waals surface area contributed by atoms with Gasteiger partial charge in [0.25, 0.3) is 0 Å². The van der Waals surface area contributed by atoms with Crippen molar-refractivity contribution in [2.24, 2.45) is 23.5 Å². The summed E-state index contributed by atoms with van der Waals surface area (Å²) in [7, 11) is 0. The average Bonchev–Trinajstić information content (AvgIpc) is 2.61. The van der Waals surface area contributed by atoms with Crippen LogP contribution in [0, 0.1) is 17.8 Å². The van der Waals surface area contributed by atoms with Crippen molar-refractivity contribution >= 4 is 11.9 Å². The molecule has 0 amide bonds. The molecule has 1 rings (SSSR count). The molecule has 1 fully saturated rings. The summed E-state index contributed by atoms with van der Waals surface area (Å²) in [6, 6.07) is 0. The number of rotatable bonds is 3. The SMILES string of the molecule is C[C@@H]1[C@H](C(=O)O)[C@H]1C(C)(N)C(=O)O. The maximum atomic E-state index is 10.7. The third-order valence-corrected chi connectivity index (χ3v) is 2.82. The molecule has 0 heterocycles. The summed E-state index contributed by atoms with van der Waals surface area (Å²) in [6.45, 7) is 3.07. The highest BCUT2D eigenvalue weighted by molar-refractivity contribution is 5.83. The second kappa shape index (κ2) is 2.70. The number of hydrogen-bond acceptors (Lipinski definition) is 3. The van der Waals surface area contributed by atoms with Crippen LogP contribution in [0.5, 0.6) is 0 Å². The lowest BCUT2D eigenvalue weighted by molar-refractivity contribution is -0.144. The Labute approximate surface area is 75.5 Å². The standard InChI is InChI=1S/C8H13NO4/c1-3-4(6(10)11)5(3)8(2,9)7(12)13/h3-5H,9H2,1-2H3,(H,10,11)(H,12,13)/t3-,4+,5+,8?/m1/s1. The maximum absolute atomic E-state index is 10.7. The summed E-state index contributed by atoms with van der Waals surface area (Å²) in [5, 5.41) is 17.4. The van der Waals surface area contributed by atoms with E-state index in [-0.39, 0.29) is 5.92 Å². The molecule has 13 heavy (non-hydrogen) atoms. The average molecular weight is 187 g/mol. The number of carboxylic acid groups (broad SMARTS) is 2. The van der Waals surface area contributed by atoms with Crippen LogP contribution >= 0.6 is 0 Å². The predicted octanol–water partition coefficient (Wildman–Crippen LogP) is -0.245. The Morgan fingerprint density at radius 3 is 2.08 bits per heavy atom. The lowest BCUT2D eigenvalue weighted by atomic mass is 9.95. The minimum Gasteiger partial charge on any atom is -0.481 e. The summed E-state index contributed by atoms with van der Waals surface area (Å²) in [4.78, 5) is 21.3. The number of hydrogen-bond donors (Lipinski definition) is 3. The fourth-order valence-electron chi connectivity index (χ4n) is 1.90. The normalized spacial score (nSPS) is 36.4. The van der Waals surface area contributed by atoms with Crippen molar-refractivity contribution in [1.82, 2.24) is 0 Å². The molecule has 0 saturated heterocycles. The molecule has 0 aromatic carbocycles. The molecule has 1 saturated carbocycles. The fraction of sp³-hybridized carbons (Fsp3) is 0.750. The number of carbonyl (C=O) groups is 2. The van der Waals surface area contributed by atoms with E-state index in [0.29, 0.717) is 0 Å². The van der Waals surface area contributed by atoms with E-state index >= 15 is 0 Å². The zero-order valence-electron chi connectivity index (χ0n) is 7.52. The molecular formula is C8H13NO4. The van der Waals surface area contributed by atoms with Crippen molar-refractivity contribution < 1.29 is 19.8 Å². The van der Waals surface area contributed by atoms with Crippen LogP contribution in [0.3, 0.4) is 0 Å². The summed E-state index contributed by atoms with van der Waals surface area (Å²) in [5.41, 5.74) is 4.09. The molecule has 0 spiro atoms. The highest BCUT2D eigenvalue weighted by Crippen LogP contribution is 2.51. The second-order valence-corrected chi connectivity index (χ2v) is 3.84. The summed E-state index contributed by atoms with van der Waals surface area (Å²) >= 11 is 0. The molecule has 0 aromatic rings. The van der Waals surface area contributed by atoms with Gasteiger partial charge in [-0.2, -0.15) is 0 Å². The molecule has 5 heteroatoms. The largest absolute Gasteiger partial charge is 0.481 e. The Bertz CT molecular complexity index is 261. The molecule has 1 aliphatic rings. The van der Waals surface area contributed by atoms with E-state index in [1.165, 1.54) is 6.92 Å². The van der Waals surface area contributed by atoms with Crippen molar-refractivity contribution in [2.45, 2.75) is 19.4 Å². The molecule has 4 N–H and O–H groups in total. The zero-order valence-corrected chi connectivity index (χ0v) is 7.52. The molecule has 0 bridgehead atoms.